The van der Waals surface area contributed by atoms with Gasteiger partial charge in [-0.3, -0.25) is 0 Å². The molecule has 1 aliphatic heterocycles. The smallest absolute Gasteiger partial charge is 0.158 e. The van der Waals surface area contributed by atoms with Crippen LogP contribution in [-0.2, 0) is 9.47 Å². The Morgan fingerprint density at radius 3 is 2.95 bits per heavy atom. The number of aliphatic hydroxyl groups excluding tert-OH is 1. The molecule has 2 rings (SSSR count). The van der Waals surface area contributed by atoms with E-state index in [0.717, 1.165) is 25.7 Å². The maximum atomic E-state index is 13.2. The molecule has 4 heteroatoms. The normalized spacial score (nSPS) is 24.0. The SMILES string of the molecule is CCCCO[C@H]1CC[C@@H]([C@@H](O)c2ccc(F)c(C)c2)O1. The van der Waals surface area contributed by atoms with Gasteiger partial charge in [-0.25, -0.2) is 4.39 Å². The summed E-state index contributed by atoms with van der Waals surface area (Å²) in [6.45, 7) is 4.50. The molecule has 0 saturated carbocycles. The zero-order valence-corrected chi connectivity index (χ0v) is 12.1. The van der Waals surface area contributed by atoms with Gasteiger partial charge in [-0.15, -0.1) is 0 Å². The van der Waals surface area contributed by atoms with Crippen LogP contribution in [0.4, 0.5) is 4.39 Å². The van der Waals surface area contributed by atoms with Crippen molar-refractivity contribution in [3.05, 3.63) is 35.1 Å². The Kier molecular flexibility index (Phi) is 5.52. The van der Waals surface area contributed by atoms with E-state index in [4.69, 9.17) is 9.47 Å². The highest BCUT2D eigenvalue weighted by molar-refractivity contribution is 5.26. The first-order valence-corrected chi connectivity index (χ1v) is 7.33. The van der Waals surface area contributed by atoms with E-state index >= 15 is 0 Å². The Balaban J connectivity index is 1.90. The summed E-state index contributed by atoms with van der Waals surface area (Å²) in [5.41, 5.74) is 1.23. The van der Waals surface area contributed by atoms with E-state index in [1.165, 1.54) is 6.07 Å². The van der Waals surface area contributed by atoms with Crippen LogP contribution in [0.25, 0.3) is 0 Å². The molecule has 0 bridgehead atoms. The Hall–Kier alpha value is -0.970. The first-order valence-electron chi connectivity index (χ1n) is 7.33. The number of aryl methyl sites for hydroxylation is 1. The lowest BCUT2D eigenvalue weighted by molar-refractivity contribution is -0.154. The molecule has 112 valence electrons. The van der Waals surface area contributed by atoms with Crippen molar-refractivity contribution in [3.63, 3.8) is 0 Å². The molecule has 1 aromatic rings. The zero-order valence-electron chi connectivity index (χ0n) is 12.1. The third-order valence-electron chi connectivity index (χ3n) is 3.69. The minimum absolute atomic E-state index is 0.220. The third-order valence-corrected chi connectivity index (χ3v) is 3.69. The van der Waals surface area contributed by atoms with Crippen LogP contribution in [0.2, 0.25) is 0 Å². The van der Waals surface area contributed by atoms with Crippen LogP contribution >= 0.6 is 0 Å². The summed E-state index contributed by atoms with van der Waals surface area (Å²) in [6.07, 6.45) is 2.45. The van der Waals surface area contributed by atoms with Gasteiger partial charge in [0.05, 0.1) is 6.10 Å². The summed E-state index contributed by atoms with van der Waals surface area (Å²) in [7, 11) is 0. The average Bonchev–Trinajstić information content (AvgIpc) is 2.90. The Labute approximate surface area is 119 Å². The lowest BCUT2D eigenvalue weighted by atomic mass is 10.0. The van der Waals surface area contributed by atoms with Crippen LogP contribution < -0.4 is 0 Å². The van der Waals surface area contributed by atoms with E-state index in [-0.39, 0.29) is 18.2 Å². The molecule has 1 heterocycles. The van der Waals surface area contributed by atoms with Gasteiger partial charge in [0.2, 0.25) is 0 Å². The number of benzene rings is 1. The summed E-state index contributed by atoms with van der Waals surface area (Å²) in [5.74, 6) is -0.255. The van der Waals surface area contributed by atoms with Crippen LogP contribution in [-0.4, -0.2) is 24.1 Å². The van der Waals surface area contributed by atoms with Gasteiger partial charge in [0, 0.05) is 13.0 Å². The Morgan fingerprint density at radius 1 is 1.45 bits per heavy atom. The third kappa shape index (κ3) is 3.78. The summed E-state index contributed by atoms with van der Waals surface area (Å²) >= 11 is 0. The number of unbranched alkanes of at least 4 members (excludes halogenated alkanes) is 1. The van der Waals surface area contributed by atoms with Gasteiger partial charge in [-0.1, -0.05) is 25.5 Å². The second kappa shape index (κ2) is 7.16. The van der Waals surface area contributed by atoms with Crippen molar-refractivity contribution < 1.29 is 19.0 Å². The Bertz CT molecular complexity index is 436. The first kappa shape index (κ1) is 15.4. The molecular formula is C16H23FO3. The van der Waals surface area contributed by atoms with Crippen molar-refractivity contribution in [2.45, 2.75) is 58.0 Å². The van der Waals surface area contributed by atoms with E-state index in [1.54, 1.807) is 19.1 Å². The predicted octanol–water partition coefficient (Wildman–Crippen LogP) is 3.49. The van der Waals surface area contributed by atoms with Gasteiger partial charge in [-0.2, -0.15) is 0 Å². The maximum Gasteiger partial charge on any atom is 0.158 e. The quantitative estimate of drug-likeness (QED) is 0.812. The molecular weight excluding hydrogens is 259 g/mol. The van der Waals surface area contributed by atoms with Gasteiger partial charge in [0.15, 0.2) is 6.29 Å². The van der Waals surface area contributed by atoms with Crippen molar-refractivity contribution in [2.24, 2.45) is 0 Å². The molecule has 0 radical (unpaired) electrons. The molecule has 0 amide bonds. The fourth-order valence-electron chi connectivity index (χ4n) is 2.41. The highest BCUT2D eigenvalue weighted by Gasteiger charge is 2.32. The van der Waals surface area contributed by atoms with Crippen molar-refractivity contribution >= 4 is 0 Å². The monoisotopic (exact) mass is 282 g/mol. The number of aliphatic hydroxyl groups is 1. The lowest BCUT2D eigenvalue weighted by Crippen LogP contribution is -2.21. The molecule has 1 aliphatic rings. The number of rotatable bonds is 6. The second-order valence-electron chi connectivity index (χ2n) is 5.36. The van der Waals surface area contributed by atoms with Crippen molar-refractivity contribution in [1.29, 1.82) is 0 Å². The minimum atomic E-state index is -0.728. The average molecular weight is 282 g/mol. The number of ether oxygens (including phenoxy) is 2. The van der Waals surface area contributed by atoms with Gasteiger partial charge in [0.1, 0.15) is 11.9 Å². The van der Waals surface area contributed by atoms with Crippen molar-refractivity contribution in [1.82, 2.24) is 0 Å². The Morgan fingerprint density at radius 2 is 2.25 bits per heavy atom. The van der Waals surface area contributed by atoms with Crippen LogP contribution in [0.5, 0.6) is 0 Å². The molecule has 3 atom stereocenters. The van der Waals surface area contributed by atoms with Crippen LogP contribution in [0.1, 0.15) is 49.8 Å². The number of hydrogen-bond acceptors (Lipinski definition) is 3. The molecule has 0 aromatic heterocycles. The van der Waals surface area contributed by atoms with Crippen molar-refractivity contribution in [2.75, 3.05) is 6.61 Å². The molecule has 1 fully saturated rings. The molecule has 1 N–H and O–H groups in total. The fourth-order valence-corrected chi connectivity index (χ4v) is 2.41. The molecule has 0 unspecified atom stereocenters. The zero-order chi connectivity index (χ0) is 14.5. The van der Waals surface area contributed by atoms with E-state index in [1.807, 2.05) is 0 Å². The maximum absolute atomic E-state index is 13.2. The number of halogens is 1. The van der Waals surface area contributed by atoms with Crippen LogP contribution in [0, 0.1) is 12.7 Å². The standard InChI is InChI=1S/C16H23FO3/c1-3-4-9-19-15-8-7-14(20-15)16(18)12-5-6-13(17)11(2)10-12/h5-6,10,14-16,18H,3-4,7-9H2,1-2H3/t14-,15+,16-/m0/s1. The molecule has 3 nitrogen and oxygen atoms in total. The van der Waals surface area contributed by atoms with Gasteiger partial charge < -0.3 is 14.6 Å². The van der Waals surface area contributed by atoms with Crippen LogP contribution in [0.3, 0.4) is 0 Å². The molecule has 1 saturated heterocycles. The topological polar surface area (TPSA) is 38.7 Å². The summed E-state index contributed by atoms with van der Waals surface area (Å²) < 4.78 is 24.6. The largest absolute Gasteiger partial charge is 0.386 e. The molecule has 0 spiro atoms. The lowest BCUT2D eigenvalue weighted by Gasteiger charge is -2.20. The van der Waals surface area contributed by atoms with Gasteiger partial charge in [-0.05, 0) is 37.0 Å². The van der Waals surface area contributed by atoms with E-state index in [2.05, 4.69) is 6.92 Å². The molecule has 0 aliphatic carbocycles. The van der Waals surface area contributed by atoms with E-state index in [9.17, 15) is 9.50 Å². The van der Waals surface area contributed by atoms with E-state index < -0.39 is 6.10 Å². The van der Waals surface area contributed by atoms with Gasteiger partial charge in [0.25, 0.3) is 0 Å². The summed E-state index contributed by atoms with van der Waals surface area (Å²) in [4.78, 5) is 0. The first-order chi connectivity index (χ1) is 9.61. The minimum Gasteiger partial charge on any atom is -0.386 e. The second-order valence-corrected chi connectivity index (χ2v) is 5.36. The summed E-state index contributed by atoms with van der Waals surface area (Å²) in [5, 5.41) is 10.3. The molecule has 20 heavy (non-hydrogen) atoms. The highest BCUT2D eigenvalue weighted by Crippen LogP contribution is 2.31. The molecule has 1 aromatic carbocycles. The summed E-state index contributed by atoms with van der Waals surface area (Å²) in [6, 6.07) is 4.67. The number of hydrogen-bond donors (Lipinski definition) is 1. The highest BCUT2D eigenvalue weighted by atomic mass is 19.1. The van der Waals surface area contributed by atoms with Crippen molar-refractivity contribution in [3.8, 4) is 0 Å². The fraction of sp³-hybridized carbons (Fsp3) is 0.625. The predicted molar refractivity (Wildman–Crippen MR) is 74.9 cm³/mol. The van der Waals surface area contributed by atoms with Gasteiger partial charge >= 0.3 is 0 Å². The van der Waals surface area contributed by atoms with Crippen LogP contribution in [0.15, 0.2) is 18.2 Å². The van der Waals surface area contributed by atoms with E-state index in [0.29, 0.717) is 17.7 Å².